The van der Waals surface area contributed by atoms with Crippen LogP contribution < -0.4 is 5.32 Å². The van der Waals surface area contributed by atoms with Crippen molar-refractivity contribution in [3.63, 3.8) is 0 Å². The Hall–Kier alpha value is -3.14. The quantitative estimate of drug-likeness (QED) is 0.614. The van der Waals surface area contributed by atoms with E-state index in [1.165, 1.54) is 5.56 Å². The predicted octanol–water partition coefficient (Wildman–Crippen LogP) is 4.19. The van der Waals surface area contributed by atoms with E-state index in [1.807, 2.05) is 37.5 Å². The minimum atomic E-state index is 0.770. The summed E-state index contributed by atoms with van der Waals surface area (Å²) in [6, 6.07) is 22.7. The first-order chi connectivity index (χ1) is 11.8. The van der Waals surface area contributed by atoms with E-state index >= 15 is 0 Å². The summed E-state index contributed by atoms with van der Waals surface area (Å²) >= 11 is 0. The SMILES string of the molecule is CNc1nc2cnc(-c3ccccc3)cc2n1Cc1ccccc1. The summed E-state index contributed by atoms with van der Waals surface area (Å²) in [5.74, 6) is 0.848. The molecule has 0 saturated carbocycles. The minimum absolute atomic E-state index is 0.770. The summed E-state index contributed by atoms with van der Waals surface area (Å²) in [4.78, 5) is 9.22. The van der Waals surface area contributed by atoms with Crippen molar-refractivity contribution < 1.29 is 0 Å². The third-order valence-electron chi connectivity index (χ3n) is 4.11. The molecule has 2 heterocycles. The second kappa shape index (κ2) is 6.16. The van der Waals surface area contributed by atoms with E-state index in [2.05, 4.69) is 62.3 Å². The lowest BCUT2D eigenvalue weighted by atomic mass is 10.1. The van der Waals surface area contributed by atoms with Crippen LogP contribution in [0.15, 0.2) is 72.9 Å². The first-order valence-electron chi connectivity index (χ1n) is 7.98. The van der Waals surface area contributed by atoms with E-state index in [0.29, 0.717) is 0 Å². The van der Waals surface area contributed by atoms with Crippen LogP contribution in [0.3, 0.4) is 0 Å². The molecule has 0 aliphatic heterocycles. The normalized spacial score (nSPS) is 10.9. The molecule has 1 N–H and O–H groups in total. The highest BCUT2D eigenvalue weighted by Gasteiger charge is 2.12. The number of imidazole rings is 1. The fourth-order valence-corrected chi connectivity index (χ4v) is 2.91. The Balaban J connectivity index is 1.84. The number of aromatic nitrogens is 3. The highest BCUT2D eigenvalue weighted by Crippen LogP contribution is 2.25. The maximum atomic E-state index is 4.65. The molecule has 2 aromatic carbocycles. The van der Waals surface area contributed by atoms with Crippen molar-refractivity contribution in [1.29, 1.82) is 0 Å². The van der Waals surface area contributed by atoms with Crippen molar-refractivity contribution in [3.8, 4) is 11.3 Å². The average Bonchev–Trinajstić information content (AvgIpc) is 3.00. The zero-order chi connectivity index (χ0) is 16.4. The van der Waals surface area contributed by atoms with Crippen molar-refractivity contribution in [1.82, 2.24) is 14.5 Å². The van der Waals surface area contributed by atoms with Crippen molar-refractivity contribution in [2.75, 3.05) is 12.4 Å². The summed E-state index contributed by atoms with van der Waals surface area (Å²) in [7, 11) is 1.90. The van der Waals surface area contributed by atoms with Gasteiger partial charge in [-0.1, -0.05) is 60.7 Å². The molecule has 24 heavy (non-hydrogen) atoms. The maximum absolute atomic E-state index is 4.65. The van der Waals surface area contributed by atoms with Crippen LogP contribution in [0.25, 0.3) is 22.3 Å². The van der Waals surface area contributed by atoms with Gasteiger partial charge in [0.15, 0.2) is 0 Å². The Morgan fingerprint density at radius 3 is 2.38 bits per heavy atom. The van der Waals surface area contributed by atoms with Crippen LogP contribution in [0.2, 0.25) is 0 Å². The van der Waals surface area contributed by atoms with Gasteiger partial charge in [-0.15, -0.1) is 0 Å². The molecule has 0 fully saturated rings. The van der Waals surface area contributed by atoms with Gasteiger partial charge in [-0.3, -0.25) is 4.98 Å². The number of nitrogens with one attached hydrogen (secondary N) is 1. The van der Waals surface area contributed by atoms with Gasteiger partial charge in [-0.2, -0.15) is 0 Å². The third kappa shape index (κ3) is 2.63. The molecule has 0 aliphatic carbocycles. The largest absolute Gasteiger partial charge is 0.359 e. The van der Waals surface area contributed by atoms with Crippen LogP contribution in [0, 0.1) is 0 Å². The van der Waals surface area contributed by atoms with E-state index in [0.717, 1.165) is 34.8 Å². The summed E-state index contributed by atoms with van der Waals surface area (Å²) in [6.07, 6.45) is 1.85. The molecule has 0 radical (unpaired) electrons. The van der Waals surface area contributed by atoms with E-state index in [9.17, 15) is 0 Å². The lowest BCUT2D eigenvalue weighted by Crippen LogP contribution is -2.05. The van der Waals surface area contributed by atoms with Gasteiger partial charge in [0, 0.05) is 12.6 Å². The second-order valence-corrected chi connectivity index (χ2v) is 5.68. The van der Waals surface area contributed by atoms with Crippen molar-refractivity contribution in [2.24, 2.45) is 0 Å². The first-order valence-corrected chi connectivity index (χ1v) is 7.98. The van der Waals surface area contributed by atoms with Gasteiger partial charge >= 0.3 is 0 Å². The van der Waals surface area contributed by atoms with Gasteiger partial charge < -0.3 is 9.88 Å². The second-order valence-electron chi connectivity index (χ2n) is 5.68. The number of hydrogen-bond donors (Lipinski definition) is 1. The first kappa shape index (κ1) is 14.5. The van der Waals surface area contributed by atoms with E-state index in [4.69, 9.17) is 0 Å². The molecule has 0 aliphatic rings. The Kier molecular flexibility index (Phi) is 3.71. The van der Waals surface area contributed by atoms with Crippen LogP contribution >= 0.6 is 0 Å². The third-order valence-corrected chi connectivity index (χ3v) is 4.11. The van der Waals surface area contributed by atoms with Gasteiger partial charge in [0.2, 0.25) is 5.95 Å². The lowest BCUT2D eigenvalue weighted by molar-refractivity contribution is 0.832. The number of rotatable bonds is 4. The number of nitrogens with zero attached hydrogens (tertiary/aromatic N) is 3. The molecule has 4 nitrogen and oxygen atoms in total. The topological polar surface area (TPSA) is 42.7 Å². The molecule has 0 atom stereocenters. The summed E-state index contributed by atoms with van der Waals surface area (Å²) < 4.78 is 2.19. The molecule has 0 unspecified atom stereocenters. The van der Waals surface area contributed by atoms with Crippen LogP contribution in [0.1, 0.15) is 5.56 Å². The van der Waals surface area contributed by atoms with Crippen LogP contribution in [0.5, 0.6) is 0 Å². The maximum Gasteiger partial charge on any atom is 0.203 e. The van der Waals surface area contributed by atoms with E-state index in [1.54, 1.807) is 0 Å². The number of fused-ring (bicyclic) bond motifs is 1. The molecule has 0 spiro atoms. The van der Waals surface area contributed by atoms with Gasteiger partial charge in [0.05, 0.1) is 24.0 Å². The predicted molar refractivity (Wildman–Crippen MR) is 98.1 cm³/mol. The summed E-state index contributed by atoms with van der Waals surface area (Å²) in [6.45, 7) is 0.770. The highest BCUT2D eigenvalue weighted by atomic mass is 15.2. The molecule has 4 heteroatoms. The van der Waals surface area contributed by atoms with Gasteiger partial charge in [-0.05, 0) is 11.6 Å². The number of anilines is 1. The van der Waals surface area contributed by atoms with Crippen LogP contribution in [0.4, 0.5) is 5.95 Å². The number of benzene rings is 2. The Bertz CT molecular complexity index is 959. The molecular formula is C20H18N4. The Labute approximate surface area is 140 Å². The van der Waals surface area contributed by atoms with Crippen LogP contribution in [-0.2, 0) is 6.54 Å². The molecular weight excluding hydrogens is 296 g/mol. The standard InChI is InChI=1S/C20H18N4/c1-21-20-23-18-13-22-17(16-10-6-3-7-11-16)12-19(18)24(20)14-15-8-4-2-5-9-15/h2-13H,14H2,1H3,(H,21,23). The van der Waals surface area contributed by atoms with E-state index in [-0.39, 0.29) is 0 Å². The van der Waals surface area contributed by atoms with Crippen molar-refractivity contribution >= 4 is 17.0 Å². The van der Waals surface area contributed by atoms with Crippen LogP contribution in [-0.4, -0.2) is 21.6 Å². The van der Waals surface area contributed by atoms with Gasteiger partial charge in [0.25, 0.3) is 0 Å². The van der Waals surface area contributed by atoms with Gasteiger partial charge in [0.1, 0.15) is 5.52 Å². The smallest absolute Gasteiger partial charge is 0.203 e. The number of pyridine rings is 1. The average molecular weight is 314 g/mol. The summed E-state index contributed by atoms with van der Waals surface area (Å²) in [5, 5.41) is 3.19. The highest BCUT2D eigenvalue weighted by molar-refractivity contribution is 5.82. The molecule has 2 aromatic heterocycles. The lowest BCUT2D eigenvalue weighted by Gasteiger charge is -2.09. The van der Waals surface area contributed by atoms with Crippen molar-refractivity contribution in [3.05, 3.63) is 78.5 Å². The fourth-order valence-electron chi connectivity index (χ4n) is 2.91. The molecule has 118 valence electrons. The molecule has 4 aromatic rings. The number of hydrogen-bond acceptors (Lipinski definition) is 3. The summed E-state index contributed by atoms with van der Waals surface area (Å²) in [5.41, 5.74) is 5.29. The molecule has 0 amide bonds. The zero-order valence-corrected chi connectivity index (χ0v) is 13.5. The van der Waals surface area contributed by atoms with E-state index < -0.39 is 0 Å². The monoisotopic (exact) mass is 314 g/mol. The molecule has 0 bridgehead atoms. The van der Waals surface area contributed by atoms with Crippen molar-refractivity contribution in [2.45, 2.75) is 6.54 Å². The zero-order valence-electron chi connectivity index (χ0n) is 13.5. The Morgan fingerprint density at radius 1 is 0.958 bits per heavy atom. The Morgan fingerprint density at radius 2 is 1.67 bits per heavy atom. The minimum Gasteiger partial charge on any atom is -0.359 e. The fraction of sp³-hybridized carbons (Fsp3) is 0.100. The van der Waals surface area contributed by atoms with Gasteiger partial charge in [-0.25, -0.2) is 4.98 Å². The molecule has 4 rings (SSSR count). The molecule has 0 saturated heterocycles.